The van der Waals surface area contributed by atoms with Gasteiger partial charge in [0, 0.05) is 5.56 Å². The highest BCUT2D eigenvalue weighted by molar-refractivity contribution is 6.03. The lowest BCUT2D eigenvalue weighted by Gasteiger charge is -2.25. The van der Waals surface area contributed by atoms with Crippen LogP contribution in [0.1, 0.15) is 73.9 Å². The van der Waals surface area contributed by atoms with Gasteiger partial charge < -0.3 is 0 Å². The van der Waals surface area contributed by atoms with Crippen LogP contribution >= 0.6 is 0 Å². The number of Topliss-reactive ketones (excluding diaryl/α,β-unsaturated/α-hetero) is 1. The molecule has 1 nitrogen and oxygen atoms in total. The molecule has 2 atom stereocenters. The van der Waals surface area contributed by atoms with Gasteiger partial charge in [0.2, 0.25) is 5.78 Å². The molecular weight excluding hydrogens is 315 g/mol. The maximum absolute atomic E-state index is 13.5. The Kier molecular flexibility index (Phi) is 5.94. The topological polar surface area (TPSA) is 17.1 Å². The predicted octanol–water partition coefficient (Wildman–Crippen LogP) is 6.09. The zero-order valence-corrected chi connectivity index (χ0v) is 13.6. The molecule has 0 bridgehead atoms. The van der Waals surface area contributed by atoms with Crippen molar-refractivity contribution < 1.29 is 26.7 Å². The molecule has 1 aromatic carbocycles. The van der Waals surface area contributed by atoms with Gasteiger partial charge in [-0.3, -0.25) is 4.79 Å². The second kappa shape index (κ2) is 6.97. The lowest BCUT2D eigenvalue weighted by Crippen LogP contribution is -2.44. The van der Waals surface area contributed by atoms with Crippen molar-refractivity contribution in [3.63, 3.8) is 0 Å². The number of hydrogen-bond donors (Lipinski definition) is 0. The number of hydrogen-bond acceptors (Lipinski definition) is 1. The molecule has 2 unspecified atom stereocenters. The second-order valence-electron chi connectivity index (χ2n) is 5.83. The smallest absolute Gasteiger partial charge is 0.287 e. The van der Waals surface area contributed by atoms with Crippen LogP contribution in [0.15, 0.2) is 18.2 Å². The molecule has 0 aliphatic heterocycles. The fraction of sp³-hybridized carbons (Fsp3) is 0.588. The van der Waals surface area contributed by atoms with Crippen LogP contribution in [0.4, 0.5) is 22.0 Å². The van der Waals surface area contributed by atoms with E-state index in [0.29, 0.717) is 24.0 Å². The molecule has 0 fully saturated rings. The Bertz CT molecular complexity index is 563. The summed E-state index contributed by atoms with van der Waals surface area (Å²) >= 11 is 0. The molecule has 23 heavy (non-hydrogen) atoms. The highest BCUT2D eigenvalue weighted by Crippen LogP contribution is 2.41. The fourth-order valence-corrected chi connectivity index (χ4v) is 2.48. The van der Waals surface area contributed by atoms with E-state index in [4.69, 9.17) is 0 Å². The highest BCUT2D eigenvalue weighted by Gasteiger charge is 2.63. The molecule has 0 radical (unpaired) electrons. The summed E-state index contributed by atoms with van der Waals surface area (Å²) in [7, 11) is 0. The lowest BCUT2D eigenvalue weighted by molar-refractivity contribution is -0.255. The van der Waals surface area contributed by atoms with Crippen molar-refractivity contribution >= 4 is 5.78 Å². The molecule has 0 saturated carbocycles. The van der Waals surface area contributed by atoms with Crippen LogP contribution in [0.25, 0.3) is 0 Å². The minimum absolute atomic E-state index is 0.0359. The average molecular weight is 336 g/mol. The Balaban J connectivity index is 3.56. The van der Waals surface area contributed by atoms with Crippen LogP contribution < -0.4 is 0 Å². The van der Waals surface area contributed by atoms with Gasteiger partial charge in [-0.2, -0.15) is 22.0 Å². The summed E-state index contributed by atoms with van der Waals surface area (Å²) in [4.78, 5) is 11.9. The van der Waals surface area contributed by atoms with Gasteiger partial charge in [-0.1, -0.05) is 45.9 Å². The van der Waals surface area contributed by atoms with E-state index < -0.39 is 23.4 Å². The molecule has 0 N–H and O–H groups in total. The molecule has 0 spiro atoms. The quantitative estimate of drug-likeness (QED) is 0.453. The van der Waals surface area contributed by atoms with Crippen molar-refractivity contribution in [1.29, 1.82) is 0 Å². The van der Waals surface area contributed by atoms with Crippen LogP contribution in [0.2, 0.25) is 0 Å². The van der Waals surface area contributed by atoms with Crippen LogP contribution in [0.5, 0.6) is 0 Å². The standard InChI is InChI=1S/C17H21F5O/c1-5-10(3)12-8-7-9-13(14(12)11(4)6-2)15(23)16(18,19)17(20,21)22/h7-11H,5-6H2,1-4H3. The van der Waals surface area contributed by atoms with E-state index in [1.807, 2.05) is 13.8 Å². The van der Waals surface area contributed by atoms with Crippen LogP contribution in [-0.2, 0) is 0 Å². The van der Waals surface area contributed by atoms with Gasteiger partial charge in [0.05, 0.1) is 0 Å². The SMILES string of the molecule is CCC(C)c1cccc(C(=O)C(F)(F)C(F)(F)F)c1C(C)CC. The van der Waals surface area contributed by atoms with Gasteiger partial charge in [-0.25, -0.2) is 0 Å². The Morgan fingerprint density at radius 2 is 1.52 bits per heavy atom. The van der Waals surface area contributed by atoms with Crippen molar-refractivity contribution in [2.75, 3.05) is 0 Å². The Hall–Kier alpha value is -1.46. The highest BCUT2D eigenvalue weighted by atomic mass is 19.4. The van der Waals surface area contributed by atoms with Crippen LogP contribution in [0, 0.1) is 0 Å². The summed E-state index contributed by atoms with van der Waals surface area (Å²) in [6, 6.07) is 4.13. The summed E-state index contributed by atoms with van der Waals surface area (Å²) < 4.78 is 64.6. The Labute approximate surface area is 132 Å². The molecule has 0 amide bonds. The predicted molar refractivity (Wildman–Crippen MR) is 79.2 cm³/mol. The molecule has 0 saturated heterocycles. The van der Waals surface area contributed by atoms with E-state index >= 15 is 0 Å². The first-order valence-electron chi connectivity index (χ1n) is 7.61. The zero-order valence-electron chi connectivity index (χ0n) is 13.6. The largest absolute Gasteiger partial charge is 0.461 e. The van der Waals surface area contributed by atoms with Crippen molar-refractivity contribution in [3.05, 3.63) is 34.9 Å². The average Bonchev–Trinajstić information content (AvgIpc) is 2.50. The monoisotopic (exact) mass is 336 g/mol. The number of carbonyl (C=O) groups excluding carboxylic acids is 1. The van der Waals surface area contributed by atoms with Gasteiger partial charge in [0.1, 0.15) is 0 Å². The number of alkyl halides is 5. The molecule has 6 heteroatoms. The van der Waals surface area contributed by atoms with E-state index in [9.17, 15) is 26.7 Å². The first-order valence-corrected chi connectivity index (χ1v) is 7.61. The molecule has 0 aliphatic rings. The van der Waals surface area contributed by atoms with Gasteiger partial charge in [-0.15, -0.1) is 0 Å². The molecule has 1 rings (SSSR count). The molecule has 0 aromatic heterocycles. The number of ketones is 1. The Morgan fingerprint density at radius 3 is 1.96 bits per heavy atom. The van der Waals surface area contributed by atoms with E-state index in [1.54, 1.807) is 19.9 Å². The summed E-state index contributed by atoms with van der Waals surface area (Å²) in [6.45, 7) is 7.28. The van der Waals surface area contributed by atoms with Crippen LogP contribution in [0.3, 0.4) is 0 Å². The maximum atomic E-state index is 13.5. The minimum Gasteiger partial charge on any atom is -0.287 e. The van der Waals surface area contributed by atoms with Crippen molar-refractivity contribution in [1.82, 2.24) is 0 Å². The number of rotatable bonds is 6. The van der Waals surface area contributed by atoms with E-state index in [0.717, 1.165) is 6.07 Å². The number of halogens is 5. The third-order valence-corrected chi connectivity index (χ3v) is 4.27. The summed E-state index contributed by atoms with van der Waals surface area (Å²) in [5, 5.41) is 0. The van der Waals surface area contributed by atoms with Gasteiger partial charge >= 0.3 is 12.1 Å². The molecule has 0 heterocycles. The Morgan fingerprint density at radius 1 is 1.00 bits per heavy atom. The maximum Gasteiger partial charge on any atom is 0.461 e. The van der Waals surface area contributed by atoms with Crippen LogP contribution in [-0.4, -0.2) is 17.9 Å². The third kappa shape index (κ3) is 3.72. The first kappa shape index (κ1) is 19.6. The zero-order chi connectivity index (χ0) is 18.0. The summed E-state index contributed by atoms with van der Waals surface area (Å²) in [5.74, 6) is -7.89. The van der Waals surface area contributed by atoms with Gasteiger partial charge in [0.25, 0.3) is 0 Å². The molecule has 130 valence electrons. The van der Waals surface area contributed by atoms with Crippen molar-refractivity contribution in [2.24, 2.45) is 0 Å². The van der Waals surface area contributed by atoms with Crippen molar-refractivity contribution in [2.45, 2.75) is 64.5 Å². The first-order chi connectivity index (χ1) is 10.5. The summed E-state index contributed by atoms with van der Waals surface area (Å²) in [5.41, 5.74) is 0.434. The lowest BCUT2D eigenvalue weighted by atomic mass is 9.82. The van der Waals surface area contributed by atoms with Gasteiger partial charge in [-0.05, 0) is 35.8 Å². The number of carbonyl (C=O) groups is 1. The second-order valence-corrected chi connectivity index (χ2v) is 5.83. The number of benzene rings is 1. The van der Waals surface area contributed by atoms with E-state index in [-0.39, 0.29) is 11.8 Å². The molecule has 1 aromatic rings. The van der Waals surface area contributed by atoms with E-state index in [1.165, 1.54) is 6.07 Å². The normalized spacial score (nSPS) is 15.3. The van der Waals surface area contributed by atoms with E-state index in [2.05, 4.69) is 0 Å². The molecular formula is C17H21F5O. The minimum atomic E-state index is -5.90. The van der Waals surface area contributed by atoms with Gasteiger partial charge in [0.15, 0.2) is 0 Å². The molecule has 0 aliphatic carbocycles. The van der Waals surface area contributed by atoms with Crippen molar-refractivity contribution in [3.8, 4) is 0 Å². The fourth-order valence-electron chi connectivity index (χ4n) is 2.48. The third-order valence-electron chi connectivity index (χ3n) is 4.27. The summed E-state index contributed by atoms with van der Waals surface area (Å²) in [6.07, 6.45) is -4.68.